The molecule has 1 N–H and O–H groups in total. The van der Waals surface area contributed by atoms with Gasteiger partial charge in [-0.15, -0.1) is 0 Å². The lowest BCUT2D eigenvalue weighted by atomic mass is 9.69. The Balaban J connectivity index is 1.75. The summed E-state index contributed by atoms with van der Waals surface area (Å²) in [6, 6.07) is 19.0. The Hall–Kier alpha value is -1.39. The number of rotatable bonds is 4. The number of halogens is 1. The van der Waals surface area contributed by atoms with Crippen molar-refractivity contribution in [2.24, 2.45) is 0 Å². The van der Waals surface area contributed by atoms with E-state index in [0.717, 1.165) is 12.1 Å². The largest absolute Gasteiger partial charge is 0.383 e. The number of nitrogens with zero attached hydrogens (tertiary/aromatic N) is 2. The van der Waals surface area contributed by atoms with Crippen LogP contribution in [0.1, 0.15) is 56.6 Å². The lowest BCUT2D eigenvalue weighted by Gasteiger charge is -2.58. The predicted octanol–water partition coefficient (Wildman–Crippen LogP) is 5.41. The van der Waals surface area contributed by atoms with Crippen LogP contribution in [0.3, 0.4) is 0 Å². The van der Waals surface area contributed by atoms with Gasteiger partial charge in [0.15, 0.2) is 0 Å². The van der Waals surface area contributed by atoms with E-state index >= 15 is 0 Å². The fourth-order valence-electron chi connectivity index (χ4n) is 6.37. The second kappa shape index (κ2) is 8.63. The minimum atomic E-state index is -0.920. The molecule has 0 amide bonds. The zero-order valence-electron chi connectivity index (χ0n) is 18.5. The maximum atomic E-state index is 12.0. The Bertz CT molecular complexity index is 849. The molecule has 2 fully saturated rings. The van der Waals surface area contributed by atoms with E-state index in [9.17, 15) is 5.11 Å². The highest BCUT2D eigenvalue weighted by Gasteiger charge is 2.53. The van der Waals surface area contributed by atoms with Crippen molar-refractivity contribution in [2.75, 3.05) is 20.6 Å². The zero-order chi connectivity index (χ0) is 21.4. The van der Waals surface area contributed by atoms with Crippen LogP contribution < -0.4 is 0 Å². The average molecular weight is 427 g/mol. The molecule has 0 radical (unpaired) electrons. The number of hydrogen-bond donors (Lipinski definition) is 1. The van der Waals surface area contributed by atoms with E-state index in [1.165, 1.54) is 37.7 Å². The molecule has 2 aliphatic rings. The zero-order valence-corrected chi connectivity index (χ0v) is 19.3. The molecule has 1 heterocycles. The third kappa shape index (κ3) is 3.71. The average Bonchev–Trinajstić information content (AvgIpc) is 2.75. The van der Waals surface area contributed by atoms with Gasteiger partial charge in [-0.2, -0.15) is 0 Å². The molecule has 1 saturated heterocycles. The normalized spacial score (nSPS) is 29.8. The molecule has 3 atom stereocenters. The van der Waals surface area contributed by atoms with Gasteiger partial charge in [0, 0.05) is 23.1 Å². The number of hydrogen-bond acceptors (Lipinski definition) is 3. The summed E-state index contributed by atoms with van der Waals surface area (Å²) >= 11 is 6.31. The van der Waals surface area contributed by atoms with Crippen molar-refractivity contribution in [3.05, 3.63) is 70.7 Å². The molecule has 3 unspecified atom stereocenters. The lowest BCUT2D eigenvalue weighted by Crippen LogP contribution is -2.67. The molecule has 2 aromatic rings. The van der Waals surface area contributed by atoms with Crippen LogP contribution in [0.2, 0.25) is 5.02 Å². The standard InChI is InChI=1S/C26H35ClN2O/c1-20-24(28(2)3)26(30,22-13-10-14-23(27)19-22)17-18-29(20)25(15-8-5-9-16-25)21-11-6-4-7-12-21/h4,6-7,10-14,19-20,24,30H,5,8-9,15-18H2,1-3H3. The first-order chi connectivity index (χ1) is 14.4. The lowest BCUT2D eigenvalue weighted by molar-refractivity contribution is -0.143. The Kier molecular flexibility index (Phi) is 6.28. The molecule has 4 heteroatoms. The van der Waals surface area contributed by atoms with Crippen molar-refractivity contribution < 1.29 is 5.11 Å². The van der Waals surface area contributed by atoms with Crippen molar-refractivity contribution in [3.8, 4) is 0 Å². The van der Waals surface area contributed by atoms with Crippen LogP contribution in [-0.2, 0) is 11.1 Å². The molecule has 30 heavy (non-hydrogen) atoms. The van der Waals surface area contributed by atoms with Crippen LogP contribution in [0.15, 0.2) is 54.6 Å². The molecule has 0 bridgehead atoms. The van der Waals surface area contributed by atoms with Crippen molar-refractivity contribution in [1.82, 2.24) is 9.80 Å². The molecule has 162 valence electrons. The highest BCUT2D eigenvalue weighted by Crippen LogP contribution is 2.48. The summed E-state index contributed by atoms with van der Waals surface area (Å²) in [6.45, 7) is 3.18. The van der Waals surface area contributed by atoms with Crippen LogP contribution in [0.4, 0.5) is 0 Å². The molecule has 0 aromatic heterocycles. The number of benzene rings is 2. The summed E-state index contributed by atoms with van der Waals surface area (Å²) in [5, 5.41) is 12.7. The van der Waals surface area contributed by atoms with Gasteiger partial charge in [-0.1, -0.05) is 73.3 Å². The summed E-state index contributed by atoms with van der Waals surface area (Å²) in [4.78, 5) is 4.92. The highest BCUT2D eigenvalue weighted by atomic mass is 35.5. The molecular formula is C26H35ClN2O. The van der Waals surface area contributed by atoms with E-state index < -0.39 is 5.60 Å². The first kappa shape index (κ1) is 21.8. The molecule has 2 aromatic carbocycles. The van der Waals surface area contributed by atoms with Crippen molar-refractivity contribution in [3.63, 3.8) is 0 Å². The van der Waals surface area contributed by atoms with E-state index in [1.807, 2.05) is 24.3 Å². The molecule has 1 aliphatic carbocycles. The highest BCUT2D eigenvalue weighted by molar-refractivity contribution is 6.30. The summed E-state index contributed by atoms with van der Waals surface area (Å²) in [7, 11) is 4.19. The van der Waals surface area contributed by atoms with Crippen LogP contribution in [-0.4, -0.2) is 47.6 Å². The van der Waals surface area contributed by atoms with Gasteiger partial charge in [-0.3, -0.25) is 4.90 Å². The van der Waals surface area contributed by atoms with Crippen LogP contribution in [0.5, 0.6) is 0 Å². The van der Waals surface area contributed by atoms with E-state index in [1.54, 1.807) is 0 Å². The maximum absolute atomic E-state index is 12.0. The first-order valence-electron chi connectivity index (χ1n) is 11.4. The predicted molar refractivity (Wildman–Crippen MR) is 125 cm³/mol. The van der Waals surface area contributed by atoms with Crippen LogP contribution in [0.25, 0.3) is 0 Å². The summed E-state index contributed by atoms with van der Waals surface area (Å²) < 4.78 is 0. The van der Waals surface area contributed by atoms with Gasteiger partial charge >= 0.3 is 0 Å². The monoisotopic (exact) mass is 426 g/mol. The number of aliphatic hydroxyl groups is 1. The summed E-state index contributed by atoms with van der Waals surface area (Å²) in [6.07, 6.45) is 6.94. The molecular weight excluding hydrogens is 392 g/mol. The van der Waals surface area contributed by atoms with Gasteiger partial charge in [-0.25, -0.2) is 0 Å². The third-order valence-electron chi connectivity index (χ3n) is 7.59. The number of likely N-dealkylation sites (tertiary alicyclic amines) is 1. The van der Waals surface area contributed by atoms with Crippen LogP contribution >= 0.6 is 11.6 Å². The Morgan fingerprint density at radius 3 is 2.23 bits per heavy atom. The molecule has 3 nitrogen and oxygen atoms in total. The van der Waals surface area contributed by atoms with Gasteiger partial charge in [0.1, 0.15) is 5.60 Å². The summed E-state index contributed by atoms with van der Waals surface area (Å²) in [5.74, 6) is 0. The van der Waals surface area contributed by atoms with Gasteiger partial charge < -0.3 is 10.0 Å². The summed E-state index contributed by atoms with van der Waals surface area (Å²) in [5.41, 5.74) is 1.50. The van der Waals surface area contributed by atoms with E-state index in [4.69, 9.17) is 11.6 Å². The molecule has 1 saturated carbocycles. The van der Waals surface area contributed by atoms with Gasteiger partial charge in [0.05, 0.1) is 6.04 Å². The SMILES string of the molecule is CC1C(N(C)C)C(O)(c2cccc(Cl)c2)CCN1C1(c2ccccc2)CCCCC1. The fourth-order valence-corrected chi connectivity index (χ4v) is 6.56. The third-order valence-corrected chi connectivity index (χ3v) is 7.83. The second-order valence-corrected chi connectivity index (χ2v) is 9.92. The quantitative estimate of drug-likeness (QED) is 0.707. The minimum absolute atomic E-state index is 0.0211. The van der Waals surface area contributed by atoms with Crippen molar-refractivity contribution >= 4 is 11.6 Å². The van der Waals surface area contributed by atoms with Crippen LogP contribution in [0, 0.1) is 0 Å². The minimum Gasteiger partial charge on any atom is -0.383 e. The van der Waals surface area contributed by atoms with E-state index in [-0.39, 0.29) is 17.6 Å². The van der Waals surface area contributed by atoms with E-state index in [0.29, 0.717) is 11.4 Å². The smallest absolute Gasteiger partial charge is 0.108 e. The molecule has 0 spiro atoms. The van der Waals surface area contributed by atoms with E-state index in [2.05, 4.69) is 61.2 Å². The van der Waals surface area contributed by atoms with Crippen molar-refractivity contribution in [2.45, 2.75) is 68.7 Å². The number of piperidine rings is 1. The van der Waals surface area contributed by atoms with Gasteiger partial charge in [0.2, 0.25) is 0 Å². The molecule has 4 rings (SSSR count). The topological polar surface area (TPSA) is 26.7 Å². The Labute approximate surface area is 186 Å². The number of likely N-dealkylation sites (N-methyl/N-ethyl adjacent to an activating group) is 1. The first-order valence-corrected chi connectivity index (χ1v) is 11.7. The fraction of sp³-hybridized carbons (Fsp3) is 0.538. The van der Waals surface area contributed by atoms with Crippen molar-refractivity contribution in [1.29, 1.82) is 0 Å². The second-order valence-electron chi connectivity index (χ2n) is 9.49. The van der Waals surface area contributed by atoms with Gasteiger partial charge in [0.25, 0.3) is 0 Å². The molecule has 1 aliphatic heterocycles. The van der Waals surface area contributed by atoms with Gasteiger partial charge in [-0.05, 0) is 63.5 Å². The Morgan fingerprint density at radius 1 is 0.933 bits per heavy atom. The Morgan fingerprint density at radius 2 is 1.60 bits per heavy atom. The maximum Gasteiger partial charge on any atom is 0.108 e.